The molecule has 0 unspecified atom stereocenters. The molecule has 0 aliphatic rings. The average molecular weight is 417 g/mol. The summed E-state index contributed by atoms with van der Waals surface area (Å²) in [6.45, 7) is 1.69. The average Bonchev–Trinajstić information content (AvgIpc) is 3.02. The number of pyridine rings is 2. The molecule has 0 saturated heterocycles. The van der Waals surface area contributed by atoms with E-state index in [-0.39, 0.29) is 28.0 Å². The molecule has 0 bridgehead atoms. The molecule has 0 saturated carbocycles. The molecule has 0 aliphatic heterocycles. The molecule has 3 rings (SSSR count). The van der Waals surface area contributed by atoms with E-state index in [4.69, 9.17) is 26.2 Å². The second-order valence-electron chi connectivity index (χ2n) is 5.72. The molecule has 3 aromatic heterocycles. The molecule has 0 atom stereocenters. The Morgan fingerprint density at radius 3 is 2.68 bits per heavy atom. The molecule has 0 amide bonds. The number of ether oxygens (including phenoxy) is 2. The Balaban J connectivity index is 2.01. The lowest BCUT2D eigenvalue weighted by Crippen LogP contribution is -2.19. The highest BCUT2D eigenvalue weighted by Gasteiger charge is 2.29. The SMILES string of the molecule is Cc1cc2nc(C(=O)O)nn2c(C)c1Oc1ncc(Cl)cc1OCC(F)(F)F. The Hall–Kier alpha value is -3.08. The summed E-state index contributed by atoms with van der Waals surface area (Å²) < 4.78 is 49.1. The van der Waals surface area contributed by atoms with Crippen molar-refractivity contribution < 1.29 is 32.5 Å². The Kier molecular flexibility index (Phi) is 5.02. The van der Waals surface area contributed by atoms with Crippen LogP contribution in [-0.2, 0) is 0 Å². The number of aromatic nitrogens is 4. The summed E-state index contributed by atoms with van der Waals surface area (Å²) in [7, 11) is 0. The largest absolute Gasteiger partial charge is 0.478 e. The van der Waals surface area contributed by atoms with Crippen LogP contribution in [0.5, 0.6) is 17.4 Å². The lowest BCUT2D eigenvalue weighted by Gasteiger charge is -2.15. The molecule has 0 radical (unpaired) electrons. The Morgan fingerprint density at radius 1 is 1.32 bits per heavy atom. The molecule has 1 N–H and O–H groups in total. The maximum absolute atomic E-state index is 12.5. The molecular weight excluding hydrogens is 405 g/mol. The van der Waals surface area contributed by atoms with Gasteiger partial charge in [0.15, 0.2) is 23.8 Å². The zero-order chi connectivity index (χ0) is 20.6. The van der Waals surface area contributed by atoms with E-state index in [1.807, 2.05) is 0 Å². The number of halogens is 4. The molecule has 28 heavy (non-hydrogen) atoms. The quantitative estimate of drug-likeness (QED) is 0.674. The predicted octanol–water partition coefficient (Wildman–Crippen LogP) is 3.83. The van der Waals surface area contributed by atoms with Gasteiger partial charge in [-0.3, -0.25) is 0 Å². The number of aryl methyl sites for hydroxylation is 2. The van der Waals surface area contributed by atoms with E-state index in [1.165, 1.54) is 16.8 Å². The minimum Gasteiger partial charge on any atom is -0.478 e. The molecule has 0 aromatic carbocycles. The first-order valence-electron chi connectivity index (χ1n) is 7.68. The van der Waals surface area contributed by atoms with E-state index in [9.17, 15) is 18.0 Å². The van der Waals surface area contributed by atoms with E-state index in [0.717, 1.165) is 6.07 Å². The van der Waals surface area contributed by atoms with Gasteiger partial charge in [0, 0.05) is 12.3 Å². The highest BCUT2D eigenvalue weighted by atomic mass is 35.5. The van der Waals surface area contributed by atoms with Crippen molar-refractivity contribution in [2.75, 3.05) is 6.61 Å². The monoisotopic (exact) mass is 416 g/mol. The fraction of sp³-hybridized carbons (Fsp3) is 0.250. The number of nitrogens with zero attached hydrogens (tertiary/aromatic N) is 4. The topological polar surface area (TPSA) is 98.8 Å². The number of carboxylic acids is 1. The zero-order valence-electron chi connectivity index (χ0n) is 14.4. The van der Waals surface area contributed by atoms with Gasteiger partial charge in [0.1, 0.15) is 0 Å². The van der Waals surface area contributed by atoms with Crippen LogP contribution in [0.3, 0.4) is 0 Å². The molecule has 148 valence electrons. The van der Waals surface area contributed by atoms with E-state index in [2.05, 4.69) is 15.1 Å². The van der Waals surface area contributed by atoms with Gasteiger partial charge in [0.05, 0.1) is 10.7 Å². The molecule has 0 aliphatic carbocycles. The number of carboxylic acid groups (broad SMARTS) is 1. The minimum absolute atomic E-state index is 0.0656. The molecular formula is C16H12ClF3N4O4. The number of rotatable bonds is 5. The first-order valence-corrected chi connectivity index (χ1v) is 8.06. The summed E-state index contributed by atoms with van der Waals surface area (Å²) in [5.41, 5.74) is 1.18. The maximum atomic E-state index is 12.5. The zero-order valence-corrected chi connectivity index (χ0v) is 15.2. The van der Waals surface area contributed by atoms with Crippen molar-refractivity contribution in [2.45, 2.75) is 20.0 Å². The van der Waals surface area contributed by atoms with Crippen LogP contribution in [0, 0.1) is 13.8 Å². The van der Waals surface area contributed by atoms with Crippen molar-refractivity contribution >= 4 is 23.2 Å². The predicted molar refractivity (Wildman–Crippen MR) is 90.3 cm³/mol. The molecule has 8 nitrogen and oxygen atoms in total. The lowest BCUT2D eigenvalue weighted by molar-refractivity contribution is -0.153. The van der Waals surface area contributed by atoms with Gasteiger partial charge in [0.25, 0.3) is 11.7 Å². The minimum atomic E-state index is -4.56. The van der Waals surface area contributed by atoms with Crippen molar-refractivity contribution in [1.29, 1.82) is 0 Å². The number of aromatic carboxylic acids is 1. The van der Waals surface area contributed by atoms with Crippen LogP contribution in [-0.4, -0.2) is 43.4 Å². The second kappa shape index (κ2) is 7.15. The van der Waals surface area contributed by atoms with Crippen LogP contribution in [0.15, 0.2) is 18.3 Å². The molecule has 12 heteroatoms. The smallest absolute Gasteiger partial charge is 0.422 e. The number of hydrogen-bond acceptors (Lipinski definition) is 6. The summed E-state index contributed by atoms with van der Waals surface area (Å²) in [5, 5.41) is 13.0. The summed E-state index contributed by atoms with van der Waals surface area (Å²) >= 11 is 5.79. The number of hydrogen-bond donors (Lipinski definition) is 1. The number of carbonyl (C=O) groups is 1. The first kappa shape index (κ1) is 19.7. The fourth-order valence-electron chi connectivity index (χ4n) is 2.39. The maximum Gasteiger partial charge on any atom is 0.422 e. The van der Waals surface area contributed by atoms with Crippen LogP contribution < -0.4 is 9.47 Å². The Labute approximate surface area is 160 Å². The van der Waals surface area contributed by atoms with Gasteiger partial charge in [0.2, 0.25) is 0 Å². The van der Waals surface area contributed by atoms with Gasteiger partial charge in [-0.25, -0.2) is 19.3 Å². The van der Waals surface area contributed by atoms with E-state index >= 15 is 0 Å². The van der Waals surface area contributed by atoms with E-state index < -0.39 is 24.6 Å². The second-order valence-corrected chi connectivity index (χ2v) is 6.15. The van der Waals surface area contributed by atoms with Crippen LogP contribution in [0.4, 0.5) is 13.2 Å². The third-order valence-corrected chi connectivity index (χ3v) is 3.76. The fourth-order valence-corrected chi connectivity index (χ4v) is 2.54. The van der Waals surface area contributed by atoms with Gasteiger partial charge in [-0.05, 0) is 25.5 Å². The van der Waals surface area contributed by atoms with Gasteiger partial charge >= 0.3 is 12.1 Å². The van der Waals surface area contributed by atoms with Crippen molar-refractivity contribution in [2.24, 2.45) is 0 Å². The van der Waals surface area contributed by atoms with Gasteiger partial charge in [-0.1, -0.05) is 11.6 Å². The Morgan fingerprint density at radius 2 is 2.04 bits per heavy atom. The summed E-state index contributed by atoms with van der Waals surface area (Å²) in [4.78, 5) is 18.8. The van der Waals surface area contributed by atoms with Crippen LogP contribution in [0.2, 0.25) is 5.02 Å². The van der Waals surface area contributed by atoms with E-state index in [1.54, 1.807) is 13.8 Å². The molecule has 3 heterocycles. The number of fused-ring (bicyclic) bond motifs is 1. The van der Waals surface area contributed by atoms with Crippen LogP contribution >= 0.6 is 11.6 Å². The van der Waals surface area contributed by atoms with Gasteiger partial charge < -0.3 is 14.6 Å². The molecule has 0 fully saturated rings. The van der Waals surface area contributed by atoms with Gasteiger partial charge in [-0.15, -0.1) is 5.10 Å². The third-order valence-electron chi connectivity index (χ3n) is 3.55. The van der Waals surface area contributed by atoms with Crippen molar-refractivity contribution in [3.05, 3.63) is 40.4 Å². The first-order chi connectivity index (χ1) is 13.0. The summed E-state index contributed by atoms with van der Waals surface area (Å²) in [5.74, 6) is -2.03. The number of alkyl halides is 3. The lowest BCUT2D eigenvalue weighted by atomic mass is 10.2. The van der Waals surface area contributed by atoms with Crippen molar-refractivity contribution in [1.82, 2.24) is 19.6 Å². The standard InChI is InChI=1S/C16H12ClF3N4O4/c1-7-3-11-22-13(15(25)26)23-24(11)8(2)12(7)28-14-10(4-9(17)5-21-14)27-6-16(18,19)20/h3-5H,6H2,1-2H3,(H,25,26). The summed E-state index contributed by atoms with van der Waals surface area (Å²) in [6.07, 6.45) is -3.36. The summed E-state index contributed by atoms with van der Waals surface area (Å²) in [6, 6.07) is 2.67. The van der Waals surface area contributed by atoms with Crippen molar-refractivity contribution in [3.8, 4) is 17.4 Å². The van der Waals surface area contributed by atoms with E-state index in [0.29, 0.717) is 11.3 Å². The highest BCUT2D eigenvalue weighted by Crippen LogP contribution is 2.35. The highest BCUT2D eigenvalue weighted by molar-refractivity contribution is 6.30. The molecule has 0 spiro atoms. The van der Waals surface area contributed by atoms with Gasteiger partial charge in [-0.2, -0.15) is 13.2 Å². The van der Waals surface area contributed by atoms with Crippen LogP contribution in [0.25, 0.3) is 5.65 Å². The third kappa shape index (κ3) is 4.09. The Bertz CT molecular complexity index is 1070. The van der Waals surface area contributed by atoms with Crippen LogP contribution in [0.1, 0.15) is 21.9 Å². The van der Waals surface area contributed by atoms with Crippen molar-refractivity contribution in [3.63, 3.8) is 0 Å². The molecule has 3 aromatic rings. The normalized spacial score (nSPS) is 11.6.